The maximum Gasteiger partial charge on any atom is 0.328 e. The number of nitrogen functional groups attached to an aromatic ring is 1. The number of hydrogen-bond donors (Lipinski definition) is 2. The number of nitriles is 1. The minimum absolute atomic E-state index is 0.116. The molecule has 0 aliphatic carbocycles. The Labute approximate surface area is 137 Å². The summed E-state index contributed by atoms with van der Waals surface area (Å²) >= 11 is 0. The van der Waals surface area contributed by atoms with Crippen LogP contribution in [-0.2, 0) is 6.42 Å². The van der Waals surface area contributed by atoms with E-state index in [4.69, 9.17) is 11.0 Å². The SMILES string of the molecule is N#Cc1ccc(NC(=O)N2CCCc3cc(N)c(C=O)nc32)nc1. The van der Waals surface area contributed by atoms with Crippen molar-refractivity contribution in [1.29, 1.82) is 5.26 Å². The monoisotopic (exact) mass is 322 g/mol. The number of carbonyl (C=O) groups excluding carboxylic acids is 2. The number of urea groups is 1. The normalized spacial score (nSPS) is 12.9. The fraction of sp³-hybridized carbons (Fsp3) is 0.188. The van der Waals surface area contributed by atoms with Crippen molar-refractivity contribution in [2.24, 2.45) is 0 Å². The second kappa shape index (κ2) is 6.34. The topological polar surface area (TPSA) is 125 Å². The van der Waals surface area contributed by atoms with Gasteiger partial charge in [-0.1, -0.05) is 0 Å². The van der Waals surface area contributed by atoms with Crippen LogP contribution in [0, 0.1) is 11.3 Å². The summed E-state index contributed by atoms with van der Waals surface area (Å²) in [5.41, 5.74) is 7.43. The molecule has 0 saturated carbocycles. The number of hydrogen-bond acceptors (Lipinski definition) is 6. The van der Waals surface area contributed by atoms with E-state index < -0.39 is 6.03 Å². The average molecular weight is 322 g/mol. The number of fused-ring (bicyclic) bond motifs is 1. The Kier molecular flexibility index (Phi) is 4.07. The quantitative estimate of drug-likeness (QED) is 0.811. The third kappa shape index (κ3) is 2.87. The number of aldehydes is 1. The van der Waals surface area contributed by atoms with Gasteiger partial charge in [0.05, 0.1) is 11.3 Å². The lowest BCUT2D eigenvalue weighted by atomic mass is 10.0. The van der Waals surface area contributed by atoms with Gasteiger partial charge in [0.25, 0.3) is 0 Å². The Morgan fingerprint density at radius 3 is 2.96 bits per heavy atom. The summed E-state index contributed by atoms with van der Waals surface area (Å²) in [6.07, 6.45) is 3.46. The third-order valence-electron chi connectivity index (χ3n) is 3.71. The molecule has 120 valence electrons. The molecule has 8 heteroatoms. The predicted octanol–water partition coefficient (Wildman–Crippen LogP) is 1.73. The molecule has 0 saturated heterocycles. The molecule has 0 fully saturated rings. The zero-order chi connectivity index (χ0) is 17.1. The molecular weight excluding hydrogens is 308 g/mol. The van der Waals surface area contributed by atoms with E-state index in [1.807, 2.05) is 6.07 Å². The molecule has 0 aromatic carbocycles. The Hall–Kier alpha value is -3.47. The fourth-order valence-electron chi connectivity index (χ4n) is 2.53. The van der Waals surface area contributed by atoms with Crippen LogP contribution in [0.25, 0.3) is 0 Å². The van der Waals surface area contributed by atoms with E-state index in [-0.39, 0.29) is 5.69 Å². The van der Waals surface area contributed by atoms with E-state index in [1.54, 1.807) is 18.2 Å². The van der Waals surface area contributed by atoms with Gasteiger partial charge in [0, 0.05) is 12.7 Å². The van der Waals surface area contributed by atoms with Crippen molar-refractivity contribution in [1.82, 2.24) is 9.97 Å². The Morgan fingerprint density at radius 1 is 1.46 bits per heavy atom. The first-order valence-electron chi connectivity index (χ1n) is 7.31. The number of aryl methyl sites for hydroxylation is 1. The first-order valence-corrected chi connectivity index (χ1v) is 7.31. The second-order valence-corrected chi connectivity index (χ2v) is 5.29. The van der Waals surface area contributed by atoms with Gasteiger partial charge in [-0.3, -0.25) is 15.0 Å². The molecule has 8 nitrogen and oxygen atoms in total. The molecule has 24 heavy (non-hydrogen) atoms. The van der Waals surface area contributed by atoms with E-state index in [0.717, 1.165) is 18.4 Å². The number of nitrogens with one attached hydrogen (secondary N) is 1. The molecule has 3 N–H and O–H groups in total. The summed E-state index contributed by atoms with van der Waals surface area (Å²) in [7, 11) is 0. The molecular formula is C16H14N6O2. The van der Waals surface area contributed by atoms with Gasteiger partial charge in [-0.15, -0.1) is 0 Å². The van der Waals surface area contributed by atoms with Crippen molar-refractivity contribution < 1.29 is 9.59 Å². The van der Waals surface area contributed by atoms with Crippen LogP contribution in [-0.4, -0.2) is 28.8 Å². The molecule has 3 rings (SSSR count). The Morgan fingerprint density at radius 2 is 2.29 bits per heavy atom. The van der Waals surface area contributed by atoms with E-state index in [2.05, 4.69) is 15.3 Å². The van der Waals surface area contributed by atoms with Gasteiger partial charge < -0.3 is 5.73 Å². The van der Waals surface area contributed by atoms with Gasteiger partial charge in [-0.05, 0) is 36.6 Å². The van der Waals surface area contributed by atoms with Crippen molar-refractivity contribution in [2.75, 3.05) is 22.5 Å². The summed E-state index contributed by atoms with van der Waals surface area (Å²) in [5.74, 6) is 0.765. The summed E-state index contributed by atoms with van der Waals surface area (Å²) in [6, 6.07) is 6.36. The summed E-state index contributed by atoms with van der Waals surface area (Å²) in [5, 5.41) is 11.4. The number of carbonyl (C=O) groups is 2. The van der Waals surface area contributed by atoms with Crippen molar-refractivity contribution in [3.05, 3.63) is 41.2 Å². The molecule has 0 spiro atoms. The Balaban J connectivity index is 1.86. The van der Waals surface area contributed by atoms with Crippen molar-refractivity contribution in [3.63, 3.8) is 0 Å². The maximum absolute atomic E-state index is 12.5. The molecule has 0 bridgehead atoms. The van der Waals surface area contributed by atoms with E-state index in [1.165, 1.54) is 11.1 Å². The maximum atomic E-state index is 12.5. The number of amides is 2. The first-order chi connectivity index (χ1) is 11.6. The zero-order valence-electron chi connectivity index (χ0n) is 12.7. The minimum Gasteiger partial charge on any atom is -0.397 e. The lowest BCUT2D eigenvalue weighted by Crippen LogP contribution is -2.39. The van der Waals surface area contributed by atoms with E-state index >= 15 is 0 Å². The van der Waals surface area contributed by atoms with Gasteiger partial charge >= 0.3 is 6.03 Å². The number of anilines is 3. The van der Waals surface area contributed by atoms with Crippen LogP contribution in [0.4, 0.5) is 22.1 Å². The molecule has 2 amide bonds. The lowest BCUT2D eigenvalue weighted by Gasteiger charge is -2.28. The highest BCUT2D eigenvalue weighted by Crippen LogP contribution is 2.28. The molecule has 2 aromatic heterocycles. The van der Waals surface area contributed by atoms with E-state index in [9.17, 15) is 9.59 Å². The van der Waals surface area contributed by atoms with Crippen LogP contribution >= 0.6 is 0 Å². The average Bonchev–Trinajstić information content (AvgIpc) is 2.61. The number of pyridine rings is 2. The highest BCUT2D eigenvalue weighted by Gasteiger charge is 2.25. The van der Waals surface area contributed by atoms with Crippen molar-refractivity contribution in [2.45, 2.75) is 12.8 Å². The third-order valence-corrected chi connectivity index (χ3v) is 3.71. The number of aromatic nitrogens is 2. The second-order valence-electron chi connectivity index (χ2n) is 5.29. The fourth-order valence-corrected chi connectivity index (χ4v) is 2.53. The standard InChI is InChI=1S/C16H14N6O2/c17-7-10-3-4-14(19-8-10)21-16(24)22-5-1-2-11-6-12(18)13(9-23)20-15(11)22/h3-4,6,8-9H,1-2,5,18H2,(H,19,21,24). The van der Waals surface area contributed by atoms with Gasteiger partial charge in [0.15, 0.2) is 6.29 Å². The highest BCUT2D eigenvalue weighted by molar-refractivity contribution is 6.01. The largest absolute Gasteiger partial charge is 0.397 e. The Bertz CT molecular complexity index is 841. The summed E-state index contributed by atoms with van der Waals surface area (Å²) in [6.45, 7) is 0.477. The van der Waals surface area contributed by atoms with Crippen molar-refractivity contribution in [3.8, 4) is 6.07 Å². The van der Waals surface area contributed by atoms with Crippen LogP contribution < -0.4 is 16.0 Å². The smallest absolute Gasteiger partial charge is 0.328 e. The first kappa shape index (κ1) is 15.4. The van der Waals surface area contributed by atoms with Crippen LogP contribution in [0.1, 0.15) is 28.0 Å². The van der Waals surface area contributed by atoms with Gasteiger partial charge in [0.1, 0.15) is 23.4 Å². The summed E-state index contributed by atoms with van der Waals surface area (Å²) in [4.78, 5) is 33.2. The number of nitrogens with zero attached hydrogens (tertiary/aromatic N) is 4. The number of nitrogens with two attached hydrogens (primary N) is 1. The molecule has 2 aromatic rings. The summed E-state index contributed by atoms with van der Waals surface area (Å²) < 4.78 is 0. The van der Waals surface area contributed by atoms with E-state index in [0.29, 0.717) is 35.7 Å². The van der Waals surface area contributed by atoms with Crippen molar-refractivity contribution >= 4 is 29.6 Å². The van der Waals surface area contributed by atoms with Crippen LogP contribution in [0.15, 0.2) is 24.4 Å². The van der Waals surface area contributed by atoms with Crippen LogP contribution in [0.3, 0.4) is 0 Å². The molecule has 0 radical (unpaired) electrons. The zero-order valence-corrected chi connectivity index (χ0v) is 12.7. The van der Waals surface area contributed by atoms with Gasteiger partial charge in [0.2, 0.25) is 0 Å². The minimum atomic E-state index is -0.401. The molecule has 0 unspecified atom stereocenters. The predicted molar refractivity (Wildman–Crippen MR) is 87.7 cm³/mol. The molecule has 1 aliphatic heterocycles. The molecule has 0 atom stereocenters. The molecule has 1 aliphatic rings. The lowest BCUT2D eigenvalue weighted by molar-refractivity contribution is 0.112. The highest BCUT2D eigenvalue weighted by atomic mass is 16.2. The van der Waals surface area contributed by atoms with Gasteiger partial charge in [-0.25, -0.2) is 14.8 Å². The van der Waals surface area contributed by atoms with Gasteiger partial charge in [-0.2, -0.15) is 5.26 Å². The van der Waals surface area contributed by atoms with Crippen LogP contribution in [0.5, 0.6) is 0 Å². The molecule has 3 heterocycles. The number of rotatable bonds is 2. The van der Waals surface area contributed by atoms with Crippen LogP contribution in [0.2, 0.25) is 0 Å².